The Kier molecular flexibility index (Phi) is 5.96. The van der Waals surface area contributed by atoms with Crippen molar-refractivity contribution in [1.29, 1.82) is 0 Å². The van der Waals surface area contributed by atoms with E-state index in [9.17, 15) is 4.79 Å². The van der Waals surface area contributed by atoms with E-state index < -0.39 is 0 Å². The van der Waals surface area contributed by atoms with Gasteiger partial charge in [0.25, 0.3) is 0 Å². The maximum atomic E-state index is 12.2. The van der Waals surface area contributed by atoms with Gasteiger partial charge in [0.15, 0.2) is 5.11 Å². The lowest BCUT2D eigenvalue weighted by molar-refractivity contribution is -0.115. The second-order valence-electron chi connectivity index (χ2n) is 6.35. The van der Waals surface area contributed by atoms with E-state index >= 15 is 0 Å². The molecule has 1 N–H and O–H groups in total. The van der Waals surface area contributed by atoms with Gasteiger partial charge in [0.2, 0.25) is 5.91 Å². The quantitative estimate of drug-likeness (QED) is 0.631. The van der Waals surface area contributed by atoms with Gasteiger partial charge in [-0.3, -0.25) is 10.1 Å². The molecule has 128 valence electrons. The zero-order valence-corrected chi connectivity index (χ0v) is 14.9. The predicted molar refractivity (Wildman–Crippen MR) is 106 cm³/mol. The van der Waals surface area contributed by atoms with Gasteiger partial charge in [0.05, 0.1) is 0 Å². The summed E-state index contributed by atoms with van der Waals surface area (Å²) in [6.45, 7) is 1.62. The fraction of sp³-hybridized carbons (Fsp3) is 0.238. The van der Waals surface area contributed by atoms with Gasteiger partial charge in [-0.05, 0) is 48.2 Å². The van der Waals surface area contributed by atoms with E-state index in [1.165, 1.54) is 24.5 Å². The Labute approximate surface area is 154 Å². The molecule has 3 nitrogen and oxygen atoms in total. The van der Waals surface area contributed by atoms with Crippen LogP contribution in [0.1, 0.15) is 24.0 Å². The summed E-state index contributed by atoms with van der Waals surface area (Å²) >= 11 is 5.49. The Morgan fingerprint density at radius 3 is 2.36 bits per heavy atom. The van der Waals surface area contributed by atoms with Gasteiger partial charge in [0, 0.05) is 19.2 Å². The van der Waals surface area contributed by atoms with E-state index in [0.29, 0.717) is 11.0 Å². The highest BCUT2D eigenvalue weighted by Gasteiger charge is 2.25. The van der Waals surface area contributed by atoms with Crippen molar-refractivity contribution in [1.82, 2.24) is 10.2 Å². The average Bonchev–Trinajstić information content (AvgIpc) is 3.45. The van der Waals surface area contributed by atoms with Crippen molar-refractivity contribution in [2.45, 2.75) is 19.4 Å². The zero-order valence-electron chi connectivity index (χ0n) is 14.1. The first-order valence-electron chi connectivity index (χ1n) is 8.57. The molecule has 1 aliphatic carbocycles. The lowest BCUT2D eigenvalue weighted by atomic mass is 10.2. The predicted octanol–water partition coefficient (Wildman–Crippen LogP) is 4.01. The summed E-state index contributed by atoms with van der Waals surface area (Å²) in [7, 11) is 0. The molecule has 1 saturated carbocycles. The van der Waals surface area contributed by atoms with Crippen molar-refractivity contribution in [2.75, 3.05) is 6.54 Å². The fourth-order valence-electron chi connectivity index (χ4n) is 2.60. The Morgan fingerprint density at radius 2 is 1.72 bits per heavy atom. The van der Waals surface area contributed by atoms with Gasteiger partial charge >= 0.3 is 0 Å². The lowest BCUT2D eigenvalue weighted by Crippen LogP contribution is -2.42. The Bertz CT molecular complexity index is 739. The molecule has 1 aliphatic rings. The minimum atomic E-state index is -0.192. The zero-order chi connectivity index (χ0) is 17.5. The molecule has 3 rings (SSSR count). The number of hydrogen-bond acceptors (Lipinski definition) is 2. The molecular weight excluding hydrogens is 328 g/mol. The highest BCUT2D eigenvalue weighted by atomic mass is 32.1. The molecule has 0 aromatic heterocycles. The maximum Gasteiger partial charge on any atom is 0.250 e. The monoisotopic (exact) mass is 350 g/mol. The summed E-state index contributed by atoms with van der Waals surface area (Å²) in [5.41, 5.74) is 2.18. The highest BCUT2D eigenvalue weighted by Crippen LogP contribution is 2.30. The Hall–Kier alpha value is -2.46. The number of thiocarbonyl (C=S) groups is 1. The third-order valence-electron chi connectivity index (χ3n) is 4.14. The third-order valence-corrected chi connectivity index (χ3v) is 4.50. The number of nitrogens with zero attached hydrogens (tertiary/aromatic N) is 1. The van der Waals surface area contributed by atoms with Crippen LogP contribution >= 0.6 is 12.2 Å². The van der Waals surface area contributed by atoms with Gasteiger partial charge in [-0.1, -0.05) is 60.7 Å². The molecule has 0 unspecified atom stereocenters. The molecular formula is C21H22N2OS. The molecule has 25 heavy (non-hydrogen) atoms. The molecule has 0 radical (unpaired) electrons. The molecule has 0 spiro atoms. The standard InChI is InChI=1S/C21H22N2OS/c24-20(14-13-17-7-3-1-4-8-17)22-21(25)23(16-19-11-12-19)15-18-9-5-2-6-10-18/h1-10,13-14,19H,11-12,15-16H2,(H,22,24,25). The van der Waals surface area contributed by atoms with Crippen LogP contribution < -0.4 is 5.32 Å². The van der Waals surface area contributed by atoms with Crippen molar-refractivity contribution >= 4 is 29.3 Å². The van der Waals surface area contributed by atoms with Crippen molar-refractivity contribution in [3.05, 3.63) is 77.9 Å². The molecule has 0 bridgehead atoms. The van der Waals surface area contributed by atoms with E-state index in [1.807, 2.05) is 48.5 Å². The summed E-state index contributed by atoms with van der Waals surface area (Å²) in [4.78, 5) is 14.3. The minimum Gasteiger partial charge on any atom is -0.344 e. The van der Waals surface area contributed by atoms with Gasteiger partial charge in [-0.2, -0.15) is 0 Å². The van der Waals surface area contributed by atoms with E-state index in [1.54, 1.807) is 6.08 Å². The van der Waals surface area contributed by atoms with Crippen LogP contribution in [-0.2, 0) is 11.3 Å². The van der Waals surface area contributed by atoms with Crippen LogP contribution in [0.2, 0.25) is 0 Å². The molecule has 1 amide bonds. The first-order valence-corrected chi connectivity index (χ1v) is 8.98. The number of benzene rings is 2. The second kappa shape index (κ2) is 8.58. The Morgan fingerprint density at radius 1 is 1.08 bits per heavy atom. The van der Waals surface area contributed by atoms with Gasteiger partial charge in [0.1, 0.15) is 0 Å². The number of amides is 1. The van der Waals surface area contributed by atoms with Crippen LogP contribution in [0.15, 0.2) is 66.7 Å². The van der Waals surface area contributed by atoms with Crippen LogP contribution in [0.3, 0.4) is 0 Å². The normalized spacial score (nSPS) is 13.6. The molecule has 1 fully saturated rings. The highest BCUT2D eigenvalue weighted by molar-refractivity contribution is 7.80. The number of carbonyl (C=O) groups excluding carboxylic acids is 1. The molecule has 0 aliphatic heterocycles. The summed E-state index contributed by atoms with van der Waals surface area (Å²) in [6.07, 6.45) is 5.81. The molecule has 2 aromatic rings. The van der Waals surface area contributed by atoms with Crippen LogP contribution in [0.4, 0.5) is 0 Å². The maximum absolute atomic E-state index is 12.2. The Balaban J connectivity index is 1.59. The topological polar surface area (TPSA) is 32.3 Å². The van der Waals surface area contributed by atoms with Crippen molar-refractivity contribution < 1.29 is 4.79 Å². The molecule has 0 atom stereocenters. The van der Waals surface area contributed by atoms with E-state index in [-0.39, 0.29) is 5.91 Å². The molecule has 4 heteroatoms. The fourth-order valence-corrected chi connectivity index (χ4v) is 2.84. The molecule has 0 heterocycles. The summed E-state index contributed by atoms with van der Waals surface area (Å²) < 4.78 is 0. The van der Waals surface area contributed by atoms with Gasteiger partial charge in [-0.25, -0.2) is 0 Å². The first kappa shape index (κ1) is 17.4. The second-order valence-corrected chi connectivity index (χ2v) is 6.73. The average molecular weight is 350 g/mol. The van der Waals surface area contributed by atoms with E-state index in [2.05, 4.69) is 22.3 Å². The number of rotatable bonds is 6. The largest absolute Gasteiger partial charge is 0.344 e. The van der Waals surface area contributed by atoms with Crippen molar-refractivity contribution in [3.63, 3.8) is 0 Å². The summed E-state index contributed by atoms with van der Waals surface area (Å²) in [6, 6.07) is 20.0. The van der Waals surface area contributed by atoms with Crippen molar-refractivity contribution in [3.8, 4) is 0 Å². The van der Waals surface area contributed by atoms with Crippen LogP contribution in [0, 0.1) is 5.92 Å². The van der Waals surface area contributed by atoms with Gasteiger partial charge < -0.3 is 4.90 Å². The number of carbonyl (C=O) groups is 1. The number of nitrogens with one attached hydrogen (secondary N) is 1. The smallest absolute Gasteiger partial charge is 0.250 e. The van der Waals surface area contributed by atoms with Crippen LogP contribution in [0.25, 0.3) is 6.08 Å². The molecule has 0 saturated heterocycles. The minimum absolute atomic E-state index is 0.192. The van der Waals surface area contributed by atoms with Gasteiger partial charge in [-0.15, -0.1) is 0 Å². The van der Waals surface area contributed by atoms with Crippen LogP contribution in [-0.4, -0.2) is 22.5 Å². The van der Waals surface area contributed by atoms with E-state index in [0.717, 1.165) is 18.7 Å². The lowest BCUT2D eigenvalue weighted by Gasteiger charge is -2.25. The summed E-state index contributed by atoms with van der Waals surface area (Å²) in [5.74, 6) is 0.501. The SMILES string of the molecule is O=C(C=Cc1ccccc1)NC(=S)N(Cc1ccccc1)CC1CC1. The first-order chi connectivity index (χ1) is 12.2. The van der Waals surface area contributed by atoms with Crippen molar-refractivity contribution in [2.24, 2.45) is 5.92 Å². The van der Waals surface area contributed by atoms with E-state index in [4.69, 9.17) is 12.2 Å². The number of hydrogen-bond donors (Lipinski definition) is 1. The third kappa shape index (κ3) is 5.84. The summed E-state index contributed by atoms with van der Waals surface area (Å²) in [5, 5.41) is 3.33. The van der Waals surface area contributed by atoms with Crippen LogP contribution in [0.5, 0.6) is 0 Å². The molecule has 2 aromatic carbocycles.